The maximum Gasteiger partial charge on any atom is 0.290 e. The third-order valence-electron chi connectivity index (χ3n) is 3.05. The van der Waals surface area contributed by atoms with Crippen LogP contribution in [0.25, 0.3) is 5.57 Å². The summed E-state index contributed by atoms with van der Waals surface area (Å²) in [5.74, 6) is 0. The van der Waals surface area contributed by atoms with Crippen molar-refractivity contribution >= 4 is 12.0 Å². The summed E-state index contributed by atoms with van der Waals surface area (Å²) in [6, 6.07) is 6.90. The fourth-order valence-electron chi connectivity index (χ4n) is 2.09. The number of hydrogen-bond donors (Lipinski definition) is 2. The number of fused-ring (bicyclic) bond motifs is 1. The lowest BCUT2D eigenvalue weighted by Gasteiger charge is -2.19. The second-order valence-electron chi connectivity index (χ2n) is 3.95. The van der Waals surface area contributed by atoms with Crippen LogP contribution in [0.5, 0.6) is 0 Å². The Kier molecular flexibility index (Phi) is 3.37. The molecule has 1 aromatic rings. The molecule has 0 atom stereocenters. The van der Waals surface area contributed by atoms with Crippen molar-refractivity contribution in [3.8, 4) is 0 Å². The van der Waals surface area contributed by atoms with E-state index in [0.717, 1.165) is 13.1 Å². The number of rotatable bonds is 1. The Balaban J connectivity index is 0.000000292. The van der Waals surface area contributed by atoms with Crippen molar-refractivity contribution in [3.63, 3.8) is 0 Å². The van der Waals surface area contributed by atoms with Crippen molar-refractivity contribution in [1.82, 2.24) is 5.32 Å². The highest BCUT2D eigenvalue weighted by Crippen LogP contribution is 2.27. The number of aryl methyl sites for hydroxylation is 2. The molecule has 0 radical (unpaired) electrons. The average molecular weight is 217 g/mol. The lowest BCUT2D eigenvalue weighted by molar-refractivity contribution is -0.122. The number of hydrogen-bond acceptors (Lipinski definition) is 2. The highest BCUT2D eigenvalue weighted by atomic mass is 16.3. The molecule has 3 heteroatoms. The summed E-state index contributed by atoms with van der Waals surface area (Å²) in [6.45, 7) is 1.82. The minimum atomic E-state index is -0.250. The van der Waals surface area contributed by atoms with E-state index in [9.17, 15) is 0 Å². The zero-order valence-electron chi connectivity index (χ0n) is 9.07. The molecule has 1 aliphatic carbocycles. The van der Waals surface area contributed by atoms with Crippen molar-refractivity contribution in [3.05, 3.63) is 41.0 Å². The van der Waals surface area contributed by atoms with Gasteiger partial charge in [0.1, 0.15) is 0 Å². The molecule has 1 aromatic carbocycles. The molecule has 0 amide bonds. The van der Waals surface area contributed by atoms with Crippen LogP contribution in [0.4, 0.5) is 0 Å². The molecular weight excluding hydrogens is 202 g/mol. The molecule has 0 fully saturated rings. The molecule has 0 saturated carbocycles. The maximum atomic E-state index is 8.36. The van der Waals surface area contributed by atoms with Crippen molar-refractivity contribution in [2.24, 2.45) is 0 Å². The first-order chi connectivity index (χ1) is 7.85. The number of nitrogens with one attached hydrogen (secondary N) is 1. The van der Waals surface area contributed by atoms with Gasteiger partial charge in [0.25, 0.3) is 6.47 Å². The summed E-state index contributed by atoms with van der Waals surface area (Å²) in [5.41, 5.74) is 6.00. The van der Waals surface area contributed by atoms with Crippen LogP contribution in [0, 0.1) is 0 Å². The predicted octanol–water partition coefficient (Wildman–Crippen LogP) is 1.47. The Bertz CT molecular complexity index is 424. The monoisotopic (exact) mass is 217 g/mol. The number of benzene rings is 1. The first-order valence-electron chi connectivity index (χ1n) is 5.45. The SMILES string of the molecule is C1=C(c2ccc3c(c2)CC3)CNC1.O=CO. The van der Waals surface area contributed by atoms with Gasteiger partial charge in [-0.1, -0.05) is 24.3 Å². The van der Waals surface area contributed by atoms with Gasteiger partial charge in [-0.25, -0.2) is 0 Å². The molecule has 3 rings (SSSR count). The number of carbonyl (C=O) groups is 1. The van der Waals surface area contributed by atoms with Gasteiger partial charge in [-0.05, 0) is 35.1 Å². The largest absolute Gasteiger partial charge is 0.483 e. The molecule has 2 N–H and O–H groups in total. The number of carboxylic acid groups (broad SMARTS) is 1. The maximum absolute atomic E-state index is 8.36. The Morgan fingerprint density at radius 3 is 2.50 bits per heavy atom. The minimum Gasteiger partial charge on any atom is -0.483 e. The van der Waals surface area contributed by atoms with E-state index in [-0.39, 0.29) is 6.47 Å². The Labute approximate surface area is 94.8 Å². The normalized spacial score (nSPS) is 16.4. The summed E-state index contributed by atoms with van der Waals surface area (Å²) in [6.07, 6.45) is 4.86. The predicted molar refractivity (Wildman–Crippen MR) is 63.4 cm³/mol. The highest BCUT2D eigenvalue weighted by Gasteiger charge is 2.14. The van der Waals surface area contributed by atoms with Crippen LogP contribution < -0.4 is 5.32 Å². The summed E-state index contributed by atoms with van der Waals surface area (Å²) in [5, 5.41) is 10.2. The van der Waals surface area contributed by atoms with Crippen LogP contribution in [0.2, 0.25) is 0 Å². The minimum absolute atomic E-state index is 0.250. The third kappa shape index (κ3) is 2.14. The summed E-state index contributed by atoms with van der Waals surface area (Å²) < 4.78 is 0. The molecule has 0 spiro atoms. The van der Waals surface area contributed by atoms with E-state index in [0.29, 0.717) is 0 Å². The summed E-state index contributed by atoms with van der Waals surface area (Å²) in [4.78, 5) is 8.36. The lowest BCUT2D eigenvalue weighted by Crippen LogP contribution is -2.10. The van der Waals surface area contributed by atoms with Gasteiger partial charge >= 0.3 is 0 Å². The molecule has 0 unspecified atom stereocenters. The van der Waals surface area contributed by atoms with Crippen LogP contribution in [-0.2, 0) is 17.6 Å². The van der Waals surface area contributed by atoms with Crippen LogP contribution in [0.1, 0.15) is 16.7 Å². The second-order valence-corrected chi connectivity index (χ2v) is 3.95. The van der Waals surface area contributed by atoms with Gasteiger partial charge in [-0.15, -0.1) is 0 Å². The van der Waals surface area contributed by atoms with Gasteiger partial charge in [0.05, 0.1) is 0 Å². The summed E-state index contributed by atoms with van der Waals surface area (Å²) >= 11 is 0. The molecular formula is C13H15NO2. The first-order valence-corrected chi connectivity index (χ1v) is 5.45. The van der Waals surface area contributed by atoms with E-state index in [1.54, 1.807) is 11.1 Å². The van der Waals surface area contributed by atoms with Crippen molar-refractivity contribution < 1.29 is 9.90 Å². The van der Waals surface area contributed by atoms with Crippen LogP contribution in [-0.4, -0.2) is 24.7 Å². The molecule has 3 nitrogen and oxygen atoms in total. The zero-order valence-corrected chi connectivity index (χ0v) is 9.07. The standard InChI is InChI=1S/C12H13N.CH2O2/c1-3-10-7-11(4-2-9(1)10)12-5-6-13-8-12;2-1-3/h2,4-5,7,13H,1,3,6,8H2;1H,(H,2,3). The molecule has 0 saturated heterocycles. The fraction of sp³-hybridized carbons (Fsp3) is 0.308. The first kappa shape index (κ1) is 10.9. The van der Waals surface area contributed by atoms with E-state index >= 15 is 0 Å². The quantitative estimate of drug-likeness (QED) is 0.700. The lowest BCUT2D eigenvalue weighted by atomic mass is 9.86. The molecule has 2 aliphatic rings. The third-order valence-corrected chi connectivity index (χ3v) is 3.05. The Hall–Kier alpha value is -1.61. The zero-order chi connectivity index (χ0) is 11.4. The van der Waals surface area contributed by atoms with E-state index in [2.05, 4.69) is 29.6 Å². The molecule has 16 heavy (non-hydrogen) atoms. The average Bonchev–Trinajstić information content (AvgIpc) is 2.74. The smallest absolute Gasteiger partial charge is 0.290 e. The highest BCUT2D eigenvalue weighted by molar-refractivity contribution is 5.70. The molecule has 84 valence electrons. The van der Waals surface area contributed by atoms with Crippen molar-refractivity contribution in [2.45, 2.75) is 12.8 Å². The van der Waals surface area contributed by atoms with Crippen molar-refractivity contribution in [2.75, 3.05) is 13.1 Å². The van der Waals surface area contributed by atoms with E-state index < -0.39 is 0 Å². The van der Waals surface area contributed by atoms with Crippen LogP contribution in [0.3, 0.4) is 0 Å². The van der Waals surface area contributed by atoms with Crippen molar-refractivity contribution in [1.29, 1.82) is 0 Å². The topological polar surface area (TPSA) is 49.3 Å². The van der Waals surface area contributed by atoms with Gasteiger partial charge in [0.15, 0.2) is 0 Å². The van der Waals surface area contributed by atoms with Gasteiger partial charge in [0.2, 0.25) is 0 Å². The fourth-order valence-corrected chi connectivity index (χ4v) is 2.09. The molecule has 0 bridgehead atoms. The van der Waals surface area contributed by atoms with Crippen LogP contribution in [0.15, 0.2) is 24.3 Å². The van der Waals surface area contributed by atoms with E-state index in [1.165, 1.54) is 24.0 Å². The van der Waals surface area contributed by atoms with Gasteiger partial charge in [-0.3, -0.25) is 4.79 Å². The second kappa shape index (κ2) is 4.94. The molecule has 0 aromatic heterocycles. The van der Waals surface area contributed by atoms with Gasteiger partial charge < -0.3 is 10.4 Å². The van der Waals surface area contributed by atoms with Crippen LogP contribution >= 0.6 is 0 Å². The van der Waals surface area contributed by atoms with Gasteiger partial charge in [0, 0.05) is 13.1 Å². The summed E-state index contributed by atoms with van der Waals surface area (Å²) in [7, 11) is 0. The van der Waals surface area contributed by atoms with Gasteiger partial charge in [-0.2, -0.15) is 0 Å². The molecule has 1 aliphatic heterocycles. The Morgan fingerprint density at radius 1 is 1.25 bits per heavy atom. The molecule has 1 heterocycles. The van der Waals surface area contributed by atoms with E-state index in [1.807, 2.05) is 0 Å². The van der Waals surface area contributed by atoms with E-state index in [4.69, 9.17) is 9.90 Å². The Morgan fingerprint density at radius 2 is 2.00 bits per heavy atom.